The number of anilines is 1. The molecule has 0 fully saturated rings. The van der Waals surface area contributed by atoms with Crippen molar-refractivity contribution in [3.8, 4) is 5.75 Å². The number of hydrogen-bond donors (Lipinski definition) is 2. The Morgan fingerprint density at radius 2 is 2.10 bits per heavy atom. The maximum atomic E-state index is 13.5. The zero-order chi connectivity index (χ0) is 14.5. The standard InChI is InChI=1S/C15H15BrFNO2/c1-20-15-6-5-12(8-13(15)17)18-9-14(19)10-3-2-4-11(16)7-10/h2-8,14,18-19H,9H2,1H3. The van der Waals surface area contributed by atoms with Gasteiger partial charge < -0.3 is 15.2 Å². The molecule has 3 nitrogen and oxygen atoms in total. The van der Waals surface area contributed by atoms with Crippen molar-refractivity contribution in [2.24, 2.45) is 0 Å². The van der Waals surface area contributed by atoms with Gasteiger partial charge >= 0.3 is 0 Å². The summed E-state index contributed by atoms with van der Waals surface area (Å²) in [4.78, 5) is 0. The van der Waals surface area contributed by atoms with E-state index >= 15 is 0 Å². The summed E-state index contributed by atoms with van der Waals surface area (Å²) >= 11 is 3.36. The van der Waals surface area contributed by atoms with Crippen molar-refractivity contribution in [3.05, 3.63) is 58.3 Å². The molecule has 0 amide bonds. The van der Waals surface area contributed by atoms with Crippen LogP contribution in [0.15, 0.2) is 46.9 Å². The molecular formula is C15H15BrFNO2. The number of rotatable bonds is 5. The average Bonchev–Trinajstić information content (AvgIpc) is 2.45. The second kappa shape index (κ2) is 6.72. The molecule has 106 valence electrons. The van der Waals surface area contributed by atoms with E-state index in [0.717, 1.165) is 10.0 Å². The molecule has 0 bridgehead atoms. The van der Waals surface area contributed by atoms with Crippen molar-refractivity contribution >= 4 is 21.6 Å². The largest absolute Gasteiger partial charge is 0.494 e. The molecule has 0 aromatic heterocycles. The molecule has 1 unspecified atom stereocenters. The lowest BCUT2D eigenvalue weighted by atomic mass is 10.1. The Morgan fingerprint density at radius 1 is 1.30 bits per heavy atom. The predicted octanol–water partition coefficient (Wildman–Crippen LogP) is 3.74. The van der Waals surface area contributed by atoms with Gasteiger partial charge in [-0.25, -0.2) is 4.39 Å². The molecule has 0 saturated carbocycles. The van der Waals surface area contributed by atoms with Gasteiger partial charge in [0.15, 0.2) is 11.6 Å². The Kier molecular flexibility index (Phi) is 4.98. The lowest BCUT2D eigenvalue weighted by Crippen LogP contribution is -2.12. The third-order valence-electron chi connectivity index (χ3n) is 2.88. The molecule has 1 atom stereocenters. The van der Waals surface area contributed by atoms with E-state index in [9.17, 15) is 9.50 Å². The normalized spacial score (nSPS) is 12.0. The van der Waals surface area contributed by atoms with Crippen LogP contribution >= 0.6 is 15.9 Å². The first-order chi connectivity index (χ1) is 9.60. The first-order valence-electron chi connectivity index (χ1n) is 6.11. The van der Waals surface area contributed by atoms with Crippen molar-refractivity contribution < 1.29 is 14.2 Å². The topological polar surface area (TPSA) is 41.5 Å². The van der Waals surface area contributed by atoms with Crippen LogP contribution in [0.3, 0.4) is 0 Å². The van der Waals surface area contributed by atoms with E-state index < -0.39 is 11.9 Å². The first-order valence-corrected chi connectivity index (χ1v) is 6.90. The lowest BCUT2D eigenvalue weighted by Gasteiger charge is -2.14. The summed E-state index contributed by atoms with van der Waals surface area (Å²) in [6, 6.07) is 12.0. The van der Waals surface area contributed by atoms with Gasteiger partial charge in [0.05, 0.1) is 13.2 Å². The van der Waals surface area contributed by atoms with Crippen molar-refractivity contribution in [2.45, 2.75) is 6.10 Å². The van der Waals surface area contributed by atoms with Crippen LogP contribution in [0.5, 0.6) is 5.75 Å². The molecule has 0 aliphatic rings. The number of aliphatic hydroxyl groups is 1. The van der Waals surface area contributed by atoms with E-state index in [1.807, 2.05) is 24.3 Å². The molecule has 20 heavy (non-hydrogen) atoms. The van der Waals surface area contributed by atoms with Gasteiger partial charge in [0.25, 0.3) is 0 Å². The Bertz CT molecular complexity index is 592. The highest BCUT2D eigenvalue weighted by atomic mass is 79.9. The number of halogens is 2. The molecule has 5 heteroatoms. The molecule has 0 aliphatic carbocycles. The molecule has 0 aliphatic heterocycles. The summed E-state index contributed by atoms with van der Waals surface area (Å²) in [5.41, 5.74) is 1.39. The zero-order valence-electron chi connectivity index (χ0n) is 10.9. The van der Waals surface area contributed by atoms with Gasteiger partial charge in [-0.1, -0.05) is 28.1 Å². The highest BCUT2D eigenvalue weighted by Gasteiger charge is 2.09. The van der Waals surface area contributed by atoms with Gasteiger partial charge in [-0.15, -0.1) is 0 Å². The van der Waals surface area contributed by atoms with Crippen LogP contribution in [0.25, 0.3) is 0 Å². The molecule has 2 rings (SSSR count). The summed E-state index contributed by atoms with van der Waals surface area (Å²) in [5.74, 6) is -0.238. The lowest BCUT2D eigenvalue weighted by molar-refractivity contribution is 0.191. The fourth-order valence-electron chi connectivity index (χ4n) is 1.82. The molecule has 2 aromatic carbocycles. The Labute approximate surface area is 125 Å². The third-order valence-corrected chi connectivity index (χ3v) is 3.38. The molecule has 0 saturated heterocycles. The number of ether oxygens (including phenoxy) is 1. The summed E-state index contributed by atoms with van der Waals surface area (Å²) in [7, 11) is 1.42. The van der Waals surface area contributed by atoms with E-state index in [1.165, 1.54) is 13.2 Å². The van der Waals surface area contributed by atoms with E-state index in [1.54, 1.807) is 12.1 Å². The summed E-state index contributed by atoms with van der Waals surface area (Å²) in [6.45, 7) is 0.294. The average molecular weight is 340 g/mol. The maximum absolute atomic E-state index is 13.5. The highest BCUT2D eigenvalue weighted by molar-refractivity contribution is 9.10. The van der Waals surface area contributed by atoms with E-state index in [2.05, 4.69) is 21.2 Å². The molecule has 2 aromatic rings. The third kappa shape index (κ3) is 3.71. The number of aliphatic hydroxyl groups excluding tert-OH is 1. The predicted molar refractivity (Wildman–Crippen MR) is 80.5 cm³/mol. The van der Waals surface area contributed by atoms with Gasteiger partial charge in [-0.3, -0.25) is 0 Å². The second-order valence-electron chi connectivity index (χ2n) is 4.30. The van der Waals surface area contributed by atoms with Crippen LogP contribution < -0.4 is 10.1 Å². The van der Waals surface area contributed by atoms with Gasteiger partial charge in [-0.05, 0) is 29.8 Å². The first kappa shape index (κ1) is 14.8. The van der Waals surface area contributed by atoms with E-state index in [4.69, 9.17) is 4.74 Å². The molecule has 0 radical (unpaired) electrons. The Hall–Kier alpha value is -1.59. The smallest absolute Gasteiger partial charge is 0.167 e. The minimum atomic E-state index is -0.669. The fourth-order valence-corrected chi connectivity index (χ4v) is 2.24. The van der Waals surface area contributed by atoms with E-state index in [0.29, 0.717) is 12.2 Å². The minimum absolute atomic E-state index is 0.197. The molecular weight excluding hydrogens is 325 g/mol. The number of benzene rings is 2. The quantitative estimate of drug-likeness (QED) is 0.871. The molecule has 0 spiro atoms. The van der Waals surface area contributed by atoms with Crippen LogP contribution in [0.4, 0.5) is 10.1 Å². The fraction of sp³-hybridized carbons (Fsp3) is 0.200. The summed E-state index contributed by atoms with van der Waals surface area (Å²) in [5, 5.41) is 13.1. The van der Waals surface area contributed by atoms with Crippen LogP contribution in [-0.2, 0) is 0 Å². The van der Waals surface area contributed by atoms with Crippen LogP contribution in [0.1, 0.15) is 11.7 Å². The molecule has 0 heterocycles. The van der Waals surface area contributed by atoms with Gasteiger partial charge in [-0.2, -0.15) is 0 Å². The Morgan fingerprint density at radius 3 is 2.75 bits per heavy atom. The van der Waals surface area contributed by atoms with Crippen molar-refractivity contribution in [2.75, 3.05) is 19.0 Å². The minimum Gasteiger partial charge on any atom is -0.494 e. The second-order valence-corrected chi connectivity index (χ2v) is 5.22. The van der Waals surface area contributed by atoms with Crippen LogP contribution in [0.2, 0.25) is 0 Å². The molecule has 2 N–H and O–H groups in total. The Balaban J connectivity index is 1.99. The monoisotopic (exact) mass is 339 g/mol. The van der Waals surface area contributed by atoms with Crippen molar-refractivity contribution in [3.63, 3.8) is 0 Å². The maximum Gasteiger partial charge on any atom is 0.167 e. The SMILES string of the molecule is COc1ccc(NCC(O)c2cccc(Br)c2)cc1F. The van der Waals surface area contributed by atoms with Crippen LogP contribution in [-0.4, -0.2) is 18.8 Å². The highest BCUT2D eigenvalue weighted by Crippen LogP contribution is 2.22. The van der Waals surface area contributed by atoms with Crippen molar-refractivity contribution in [1.82, 2.24) is 0 Å². The number of methoxy groups -OCH3 is 1. The number of nitrogens with one attached hydrogen (secondary N) is 1. The summed E-state index contributed by atoms with van der Waals surface area (Å²) < 4.78 is 19.3. The number of hydrogen-bond acceptors (Lipinski definition) is 3. The van der Waals surface area contributed by atoms with Crippen molar-refractivity contribution in [1.29, 1.82) is 0 Å². The van der Waals surface area contributed by atoms with Gasteiger partial charge in [0.1, 0.15) is 0 Å². The summed E-state index contributed by atoms with van der Waals surface area (Å²) in [6.07, 6.45) is -0.669. The van der Waals surface area contributed by atoms with Gasteiger partial charge in [0, 0.05) is 22.8 Å². The van der Waals surface area contributed by atoms with Gasteiger partial charge in [0.2, 0.25) is 0 Å². The van der Waals surface area contributed by atoms with Crippen LogP contribution in [0, 0.1) is 5.82 Å². The zero-order valence-corrected chi connectivity index (χ0v) is 12.5. The van der Waals surface area contributed by atoms with E-state index in [-0.39, 0.29) is 5.75 Å².